The maximum Gasteiger partial charge on any atom is 0.524 e. The molecule has 0 saturated heterocycles. The van der Waals surface area contributed by atoms with Gasteiger partial charge in [0.25, 0.3) is 0 Å². The van der Waals surface area contributed by atoms with E-state index in [0.29, 0.717) is 28.1 Å². The van der Waals surface area contributed by atoms with Gasteiger partial charge in [0, 0.05) is 45.1 Å². The van der Waals surface area contributed by atoms with Crippen LogP contribution in [0.4, 0.5) is 21.0 Å². The zero-order valence-electron chi connectivity index (χ0n) is 19.7. The van der Waals surface area contributed by atoms with Crippen LogP contribution in [0.1, 0.15) is 0 Å². The molecule has 0 fully saturated rings. The van der Waals surface area contributed by atoms with Crippen LogP contribution in [0.25, 0.3) is 22.3 Å². The lowest BCUT2D eigenvalue weighted by Gasteiger charge is -2.18. The van der Waals surface area contributed by atoms with Crippen LogP contribution in [0.15, 0.2) is 66.7 Å². The molecule has 0 aliphatic heterocycles. The quantitative estimate of drug-likeness (QED) is 0.365. The Morgan fingerprint density at radius 1 is 0.743 bits per heavy atom. The van der Waals surface area contributed by atoms with E-state index in [1.54, 1.807) is 88.9 Å². The Labute approximate surface area is 203 Å². The highest BCUT2D eigenvalue weighted by atomic mass is 31.2. The first-order valence-corrected chi connectivity index (χ1v) is 12.0. The second-order valence-electron chi connectivity index (χ2n) is 8.06. The smallest absolute Gasteiger partial charge is 0.404 e. The molecule has 0 unspecified atom stereocenters. The highest BCUT2D eigenvalue weighted by molar-refractivity contribution is 7.46. The summed E-state index contributed by atoms with van der Waals surface area (Å²) in [4.78, 5) is 45.6. The van der Waals surface area contributed by atoms with E-state index in [1.165, 1.54) is 15.9 Å². The summed E-state index contributed by atoms with van der Waals surface area (Å²) in [5, 5.41) is 5.50. The third-order valence-electron chi connectivity index (χ3n) is 4.93. The SMILES string of the molecule is CN(C)C(=O)Nc1ccc(-c2cccc(OP(=O)(O)O)c2-c2ccc(NC(=O)N(C)C)cc2)cc1. The molecule has 3 aromatic rings. The molecule has 0 aromatic heterocycles. The van der Waals surface area contributed by atoms with E-state index in [4.69, 9.17) is 4.52 Å². The van der Waals surface area contributed by atoms with Crippen LogP contribution in [0.5, 0.6) is 5.75 Å². The van der Waals surface area contributed by atoms with Crippen LogP contribution in [-0.4, -0.2) is 59.8 Å². The summed E-state index contributed by atoms with van der Waals surface area (Å²) >= 11 is 0. The molecular weight excluding hydrogens is 471 g/mol. The Morgan fingerprint density at radius 2 is 1.20 bits per heavy atom. The molecule has 0 aliphatic carbocycles. The van der Waals surface area contributed by atoms with Crippen molar-refractivity contribution in [1.29, 1.82) is 0 Å². The summed E-state index contributed by atoms with van der Waals surface area (Å²) in [5.74, 6) is 0.00546. The van der Waals surface area contributed by atoms with E-state index in [1.807, 2.05) is 0 Å². The van der Waals surface area contributed by atoms with Gasteiger partial charge in [0.05, 0.1) is 0 Å². The number of nitrogens with one attached hydrogen (secondary N) is 2. The number of carbonyl (C=O) groups is 2. The maximum absolute atomic E-state index is 11.9. The predicted molar refractivity (Wildman–Crippen MR) is 135 cm³/mol. The van der Waals surface area contributed by atoms with E-state index in [-0.39, 0.29) is 17.8 Å². The van der Waals surface area contributed by atoms with Gasteiger partial charge in [-0.3, -0.25) is 9.79 Å². The minimum atomic E-state index is -4.83. The Bertz CT molecular complexity index is 1250. The second-order valence-corrected chi connectivity index (χ2v) is 9.23. The van der Waals surface area contributed by atoms with Gasteiger partial charge in [-0.05, 0) is 47.0 Å². The molecule has 0 atom stereocenters. The summed E-state index contributed by atoms with van der Waals surface area (Å²) in [6, 6.07) is 18.2. The minimum absolute atomic E-state index is 0.00546. The van der Waals surface area contributed by atoms with E-state index in [9.17, 15) is 23.9 Å². The molecule has 0 radical (unpaired) electrons. The number of amides is 4. The predicted octanol–water partition coefficient (Wildman–Crippen LogP) is 4.68. The van der Waals surface area contributed by atoms with Crippen molar-refractivity contribution in [3.63, 3.8) is 0 Å². The fraction of sp³-hybridized carbons (Fsp3) is 0.167. The first kappa shape index (κ1) is 25.8. The van der Waals surface area contributed by atoms with Gasteiger partial charge in [0.15, 0.2) is 0 Å². The molecule has 0 spiro atoms. The van der Waals surface area contributed by atoms with Crippen molar-refractivity contribution in [3.05, 3.63) is 66.7 Å². The Morgan fingerprint density at radius 3 is 1.63 bits per heavy atom. The van der Waals surface area contributed by atoms with Gasteiger partial charge < -0.3 is 25.0 Å². The van der Waals surface area contributed by atoms with Crippen molar-refractivity contribution in [2.45, 2.75) is 0 Å². The van der Waals surface area contributed by atoms with Gasteiger partial charge in [-0.15, -0.1) is 0 Å². The van der Waals surface area contributed by atoms with E-state index < -0.39 is 7.82 Å². The largest absolute Gasteiger partial charge is 0.524 e. The van der Waals surface area contributed by atoms with Crippen molar-refractivity contribution < 1.29 is 28.5 Å². The lowest BCUT2D eigenvalue weighted by Crippen LogP contribution is -2.27. The molecule has 0 heterocycles. The molecule has 0 saturated carbocycles. The molecule has 0 bridgehead atoms. The Hall–Kier alpha value is -3.85. The number of phosphoric ester groups is 1. The van der Waals surface area contributed by atoms with Crippen LogP contribution < -0.4 is 15.2 Å². The van der Waals surface area contributed by atoms with Crippen molar-refractivity contribution in [2.24, 2.45) is 0 Å². The lowest BCUT2D eigenvalue weighted by atomic mass is 9.93. The standard InChI is InChI=1S/C24H27N4O6P/c1-27(2)23(29)25-18-12-8-16(9-13-18)20-6-5-7-21(34-35(31,32)33)22(20)17-10-14-19(15-11-17)26-24(30)28(3)4/h5-15H,1-4H3,(H,25,29)(H,26,30)(H2,31,32,33). The van der Waals surface area contributed by atoms with Gasteiger partial charge in [0.1, 0.15) is 5.75 Å². The highest BCUT2D eigenvalue weighted by Gasteiger charge is 2.22. The van der Waals surface area contributed by atoms with Crippen LogP contribution in [0, 0.1) is 0 Å². The van der Waals surface area contributed by atoms with Gasteiger partial charge in [-0.25, -0.2) is 14.2 Å². The normalized spacial score (nSPS) is 10.9. The maximum atomic E-state index is 11.9. The minimum Gasteiger partial charge on any atom is -0.404 e. The number of nitrogens with zero attached hydrogens (tertiary/aromatic N) is 2. The number of hydrogen-bond donors (Lipinski definition) is 4. The van der Waals surface area contributed by atoms with E-state index in [0.717, 1.165) is 5.56 Å². The summed E-state index contributed by atoms with van der Waals surface area (Å²) in [5.41, 5.74) is 3.64. The number of phosphoric acid groups is 1. The summed E-state index contributed by atoms with van der Waals surface area (Å²) in [6.07, 6.45) is 0. The lowest BCUT2D eigenvalue weighted by molar-refractivity contribution is 0.230. The molecule has 35 heavy (non-hydrogen) atoms. The number of carbonyl (C=O) groups excluding carboxylic acids is 2. The van der Waals surface area contributed by atoms with Crippen LogP contribution >= 0.6 is 7.82 Å². The van der Waals surface area contributed by atoms with E-state index in [2.05, 4.69) is 10.6 Å². The molecule has 3 rings (SSSR count). The average Bonchev–Trinajstić information content (AvgIpc) is 2.79. The highest BCUT2D eigenvalue weighted by Crippen LogP contribution is 2.46. The van der Waals surface area contributed by atoms with Gasteiger partial charge in [-0.1, -0.05) is 36.4 Å². The molecule has 0 aliphatic rings. The molecule has 4 amide bonds. The van der Waals surface area contributed by atoms with Crippen molar-refractivity contribution in [3.8, 4) is 28.0 Å². The fourth-order valence-electron chi connectivity index (χ4n) is 3.20. The zero-order valence-corrected chi connectivity index (χ0v) is 20.6. The van der Waals surface area contributed by atoms with Crippen LogP contribution in [0.2, 0.25) is 0 Å². The molecular formula is C24H27N4O6P. The number of hydrogen-bond acceptors (Lipinski definition) is 4. The number of benzene rings is 3. The molecule has 10 nitrogen and oxygen atoms in total. The first-order valence-electron chi connectivity index (χ1n) is 10.5. The summed E-state index contributed by atoms with van der Waals surface area (Å²) in [6.45, 7) is 0. The molecule has 3 aromatic carbocycles. The fourth-order valence-corrected chi connectivity index (χ4v) is 3.61. The molecule has 11 heteroatoms. The number of anilines is 2. The third kappa shape index (κ3) is 6.83. The van der Waals surface area contributed by atoms with Crippen molar-refractivity contribution in [2.75, 3.05) is 38.8 Å². The molecule has 184 valence electrons. The topological polar surface area (TPSA) is 131 Å². The number of urea groups is 2. The summed E-state index contributed by atoms with van der Waals surface area (Å²) in [7, 11) is 1.70. The van der Waals surface area contributed by atoms with Gasteiger partial charge in [-0.2, -0.15) is 0 Å². The Kier molecular flexibility index (Phi) is 7.81. The molecule has 4 N–H and O–H groups in total. The first-order chi connectivity index (χ1) is 16.4. The third-order valence-corrected chi connectivity index (χ3v) is 5.36. The van der Waals surface area contributed by atoms with Crippen molar-refractivity contribution in [1.82, 2.24) is 9.80 Å². The van der Waals surface area contributed by atoms with Gasteiger partial charge >= 0.3 is 19.9 Å². The van der Waals surface area contributed by atoms with Gasteiger partial charge in [0.2, 0.25) is 0 Å². The average molecular weight is 498 g/mol. The van der Waals surface area contributed by atoms with Crippen LogP contribution in [-0.2, 0) is 4.57 Å². The Balaban J connectivity index is 2.03. The zero-order chi connectivity index (χ0) is 25.8. The van der Waals surface area contributed by atoms with E-state index >= 15 is 0 Å². The van der Waals surface area contributed by atoms with Crippen LogP contribution in [0.3, 0.4) is 0 Å². The summed E-state index contributed by atoms with van der Waals surface area (Å²) < 4.78 is 16.7. The van der Waals surface area contributed by atoms with Crippen molar-refractivity contribution >= 4 is 31.3 Å². The monoisotopic (exact) mass is 498 g/mol. The number of rotatable bonds is 6. The second kappa shape index (κ2) is 10.6.